The van der Waals surface area contributed by atoms with E-state index in [0.717, 1.165) is 17.0 Å². The SMILES string of the molecule is O=C(NCC1Cn2nnc(-c3cccnc3)c2CO1)c1ccco1. The standard InChI is InChI=1S/C16H15N5O3/c22-16(14-4-2-6-23-14)18-8-12-9-21-13(10-24-12)15(19-20-21)11-3-1-5-17-7-11/h1-7,12H,8-10H2,(H,18,22). The van der Waals surface area contributed by atoms with E-state index in [4.69, 9.17) is 9.15 Å². The Morgan fingerprint density at radius 2 is 2.33 bits per heavy atom. The molecule has 0 bridgehead atoms. The van der Waals surface area contributed by atoms with Crippen molar-refractivity contribution in [3.05, 3.63) is 54.4 Å². The molecule has 1 atom stereocenters. The van der Waals surface area contributed by atoms with Crippen LogP contribution in [0.25, 0.3) is 11.3 Å². The van der Waals surface area contributed by atoms with Gasteiger partial charge in [0, 0.05) is 24.5 Å². The van der Waals surface area contributed by atoms with Crippen molar-refractivity contribution in [2.75, 3.05) is 6.54 Å². The van der Waals surface area contributed by atoms with E-state index in [9.17, 15) is 4.79 Å². The van der Waals surface area contributed by atoms with Crippen LogP contribution < -0.4 is 5.32 Å². The molecule has 0 spiro atoms. The monoisotopic (exact) mass is 325 g/mol. The Labute approximate surface area is 137 Å². The van der Waals surface area contributed by atoms with Gasteiger partial charge in [0.15, 0.2) is 5.76 Å². The fourth-order valence-corrected chi connectivity index (χ4v) is 2.62. The van der Waals surface area contributed by atoms with Crippen LogP contribution in [0.15, 0.2) is 47.3 Å². The number of nitrogens with zero attached hydrogens (tertiary/aromatic N) is 4. The maximum Gasteiger partial charge on any atom is 0.287 e. The van der Waals surface area contributed by atoms with Gasteiger partial charge < -0.3 is 14.5 Å². The van der Waals surface area contributed by atoms with E-state index in [1.807, 2.05) is 16.8 Å². The minimum atomic E-state index is -0.260. The van der Waals surface area contributed by atoms with Gasteiger partial charge in [0.05, 0.1) is 31.2 Å². The van der Waals surface area contributed by atoms with Crippen molar-refractivity contribution in [2.45, 2.75) is 19.3 Å². The van der Waals surface area contributed by atoms with Crippen LogP contribution in [0.2, 0.25) is 0 Å². The summed E-state index contributed by atoms with van der Waals surface area (Å²) in [5, 5.41) is 11.2. The summed E-state index contributed by atoms with van der Waals surface area (Å²) in [5.41, 5.74) is 2.60. The number of aromatic nitrogens is 4. The van der Waals surface area contributed by atoms with E-state index in [1.165, 1.54) is 6.26 Å². The highest BCUT2D eigenvalue weighted by Gasteiger charge is 2.25. The van der Waals surface area contributed by atoms with Crippen molar-refractivity contribution < 1.29 is 13.9 Å². The molecule has 4 rings (SSSR count). The molecule has 0 fully saturated rings. The molecule has 8 heteroatoms. The second kappa shape index (κ2) is 6.25. The third-order valence-electron chi connectivity index (χ3n) is 3.84. The Morgan fingerprint density at radius 1 is 1.38 bits per heavy atom. The van der Waals surface area contributed by atoms with Crippen LogP contribution in [0.3, 0.4) is 0 Å². The van der Waals surface area contributed by atoms with Gasteiger partial charge in [0.25, 0.3) is 5.91 Å². The number of furan rings is 1. The normalized spacial score (nSPS) is 16.6. The van der Waals surface area contributed by atoms with E-state index in [-0.39, 0.29) is 17.8 Å². The van der Waals surface area contributed by atoms with Crippen molar-refractivity contribution in [3.63, 3.8) is 0 Å². The first-order valence-electron chi connectivity index (χ1n) is 7.57. The van der Waals surface area contributed by atoms with Crippen LogP contribution in [-0.4, -0.2) is 38.5 Å². The first kappa shape index (κ1) is 14.6. The Bertz CT molecular complexity index is 829. The molecule has 3 aromatic rings. The lowest BCUT2D eigenvalue weighted by Gasteiger charge is -2.24. The molecule has 24 heavy (non-hydrogen) atoms. The number of ether oxygens (including phenoxy) is 1. The minimum absolute atomic E-state index is 0.167. The molecule has 1 aliphatic rings. The predicted molar refractivity (Wildman–Crippen MR) is 82.9 cm³/mol. The lowest BCUT2D eigenvalue weighted by molar-refractivity contribution is 0.00162. The molecule has 0 radical (unpaired) electrons. The van der Waals surface area contributed by atoms with Crippen LogP contribution in [-0.2, 0) is 17.9 Å². The minimum Gasteiger partial charge on any atom is -0.459 e. The molecule has 8 nitrogen and oxygen atoms in total. The Balaban J connectivity index is 1.42. The van der Waals surface area contributed by atoms with Crippen LogP contribution in [0, 0.1) is 0 Å². The van der Waals surface area contributed by atoms with Gasteiger partial charge in [-0.05, 0) is 24.3 Å². The van der Waals surface area contributed by atoms with Gasteiger partial charge in [0.2, 0.25) is 0 Å². The number of hydrogen-bond donors (Lipinski definition) is 1. The fraction of sp³-hybridized carbons (Fsp3) is 0.250. The molecular formula is C16H15N5O3. The van der Waals surface area contributed by atoms with Crippen LogP contribution >= 0.6 is 0 Å². The highest BCUT2D eigenvalue weighted by molar-refractivity contribution is 5.91. The average molecular weight is 325 g/mol. The summed E-state index contributed by atoms with van der Waals surface area (Å²) in [6.07, 6.45) is 4.77. The van der Waals surface area contributed by atoms with Crippen molar-refractivity contribution in [2.24, 2.45) is 0 Å². The number of pyridine rings is 1. The zero-order valence-electron chi connectivity index (χ0n) is 12.8. The molecule has 3 aromatic heterocycles. The second-order valence-electron chi connectivity index (χ2n) is 5.43. The molecule has 0 aromatic carbocycles. The van der Waals surface area contributed by atoms with Crippen molar-refractivity contribution in [3.8, 4) is 11.3 Å². The molecular weight excluding hydrogens is 310 g/mol. The van der Waals surface area contributed by atoms with E-state index in [1.54, 1.807) is 24.5 Å². The average Bonchev–Trinajstić information content (AvgIpc) is 3.30. The second-order valence-corrected chi connectivity index (χ2v) is 5.43. The lowest BCUT2D eigenvalue weighted by Crippen LogP contribution is -2.39. The number of amides is 1. The Hall–Kier alpha value is -3.00. The number of fused-ring (bicyclic) bond motifs is 1. The first-order valence-corrected chi connectivity index (χ1v) is 7.57. The van der Waals surface area contributed by atoms with Gasteiger partial charge in [-0.25, -0.2) is 4.68 Å². The highest BCUT2D eigenvalue weighted by atomic mass is 16.5. The van der Waals surface area contributed by atoms with Gasteiger partial charge in [-0.3, -0.25) is 9.78 Å². The Morgan fingerprint density at radius 3 is 3.12 bits per heavy atom. The van der Waals surface area contributed by atoms with Gasteiger partial charge in [-0.1, -0.05) is 5.21 Å². The van der Waals surface area contributed by atoms with Crippen LogP contribution in [0.1, 0.15) is 16.2 Å². The summed E-state index contributed by atoms with van der Waals surface area (Å²) < 4.78 is 12.7. The van der Waals surface area contributed by atoms with Crippen LogP contribution in [0.5, 0.6) is 0 Å². The first-order chi connectivity index (χ1) is 11.8. The summed E-state index contributed by atoms with van der Waals surface area (Å²) in [5.74, 6) is 0.0233. The summed E-state index contributed by atoms with van der Waals surface area (Å²) in [7, 11) is 0. The summed E-state index contributed by atoms with van der Waals surface area (Å²) in [4.78, 5) is 16.0. The third-order valence-corrected chi connectivity index (χ3v) is 3.84. The topological polar surface area (TPSA) is 95.1 Å². The molecule has 0 aliphatic carbocycles. The molecule has 1 N–H and O–H groups in total. The molecule has 122 valence electrons. The van der Waals surface area contributed by atoms with E-state index in [2.05, 4.69) is 20.6 Å². The largest absolute Gasteiger partial charge is 0.459 e. The zero-order chi connectivity index (χ0) is 16.4. The maximum atomic E-state index is 11.9. The predicted octanol–water partition coefficient (Wildman–Crippen LogP) is 1.26. The zero-order valence-corrected chi connectivity index (χ0v) is 12.8. The molecule has 1 amide bonds. The van der Waals surface area contributed by atoms with Crippen molar-refractivity contribution in [1.29, 1.82) is 0 Å². The number of nitrogens with one attached hydrogen (secondary N) is 1. The maximum absolute atomic E-state index is 11.9. The van der Waals surface area contributed by atoms with Gasteiger partial charge in [0.1, 0.15) is 5.69 Å². The van der Waals surface area contributed by atoms with E-state index in [0.29, 0.717) is 19.7 Å². The molecule has 0 saturated heterocycles. The van der Waals surface area contributed by atoms with Gasteiger partial charge in [-0.15, -0.1) is 5.10 Å². The smallest absolute Gasteiger partial charge is 0.287 e. The number of hydrogen-bond acceptors (Lipinski definition) is 6. The molecule has 1 aliphatic heterocycles. The molecule has 0 saturated carbocycles. The summed E-state index contributed by atoms with van der Waals surface area (Å²) in [6, 6.07) is 7.09. The van der Waals surface area contributed by atoms with E-state index < -0.39 is 0 Å². The van der Waals surface area contributed by atoms with Crippen molar-refractivity contribution in [1.82, 2.24) is 25.3 Å². The highest BCUT2D eigenvalue weighted by Crippen LogP contribution is 2.24. The van der Waals surface area contributed by atoms with Gasteiger partial charge in [-0.2, -0.15) is 0 Å². The Kier molecular flexibility index (Phi) is 3.80. The van der Waals surface area contributed by atoms with Gasteiger partial charge >= 0.3 is 0 Å². The quantitative estimate of drug-likeness (QED) is 0.776. The summed E-state index contributed by atoms with van der Waals surface area (Å²) in [6.45, 7) is 1.29. The third kappa shape index (κ3) is 2.79. The van der Waals surface area contributed by atoms with Crippen molar-refractivity contribution >= 4 is 5.91 Å². The number of carbonyl (C=O) groups is 1. The molecule has 1 unspecified atom stereocenters. The molecule has 4 heterocycles. The number of rotatable bonds is 4. The fourth-order valence-electron chi connectivity index (χ4n) is 2.62. The van der Waals surface area contributed by atoms with E-state index >= 15 is 0 Å². The van der Waals surface area contributed by atoms with Crippen LogP contribution in [0.4, 0.5) is 0 Å². The number of carbonyl (C=O) groups excluding carboxylic acids is 1. The summed E-state index contributed by atoms with van der Waals surface area (Å²) >= 11 is 0. The lowest BCUT2D eigenvalue weighted by atomic mass is 10.1.